The molecule has 1 fully saturated rings. The molecule has 1 aliphatic rings. The second-order valence-electron chi connectivity index (χ2n) is 5.59. The van der Waals surface area contributed by atoms with Gasteiger partial charge in [0, 0.05) is 6.04 Å². The third kappa shape index (κ3) is 3.61. The zero-order valence-corrected chi connectivity index (χ0v) is 11.8. The quantitative estimate of drug-likeness (QED) is 0.779. The fourth-order valence-electron chi connectivity index (χ4n) is 2.70. The molecule has 0 aromatic heterocycles. The second kappa shape index (κ2) is 6.26. The van der Waals surface area contributed by atoms with E-state index in [9.17, 15) is 10.2 Å². The summed E-state index contributed by atoms with van der Waals surface area (Å²) in [5.41, 5.74) is 0.593. The summed E-state index contributed by atoms with van der Waals surface area (Å²) in [6.07, 6.45) is 2.42. The lowest BCUT2D eigenvalue weighted by molar-refractivity contribution is 0.213. The number of piperidine rings is 1. The molecule has 1 atom stereocenters. The van der Waals surface area contributed by atoms with Gasteiger partial charge in [-0.15, -0.1) is 0 Å². The van der Waals surface area contributed by atoms with Gasteiger partial charge in [0.2, 0.25) is 0 Å². The van der Waals surface area contributed by atoms with E-state index in [-0.39, 0.29) is 17.5 Å². The number of benzene rings is 1. The Labute approximate surface area is 115 Å². The van der Waals surface area contributed by atoms with E-state index < -0.39 is 0 Å². The van der Waals surface area contributed by atoms with Crippen molar-refractivity contribution in [1.82, 2.24) is 10.2 Å². The Hall–Kier alpha value is -1.26. The average molecular weight is 264 g/mol. The number of aromatic hydroxyl groups is 2. The van der Waals surface area contributed by atoms with E-state index in [1.165, 1.54) is 12.8 Å². The SMILES string of the molecule is CC(NCC1CCN(C)CC1)c1c(O)cccc1O. The van der Waals surface area contributed by atoms with Gasteiger partial charge >= 0.3 is 0 Å². The summed E-state index contributed by atoms with van der Waals surface area (Å²) >= 11 is 0. The van der Waals surface area contributed by atoms with Crippen molar-refractivity contribution in [3.8, 4) is 11.5 Å². The molecule has 19 heavy (non-hydrogen) atoms. The van der Waals surface area contributed by atoms with Crippen LogP contribution in [0.4, 0.5) is 0 Å². The molecule has 1 saturated heterocycles. The average Bonchev–Trinajstić information content (AvgIpc) is 2.38. The van der Waals surface area contributed by atoms with Crippen LogP contribution in [-0.4, -0.2) is 41.8 Å². The number of phenols is 2. The lowest BCUT2D eigenvalue weighted by Crippen LogP contribution is -2.35. The minimum atomic E-state index is -0.0409. The van der Waals surface area contributed by atoms with Crippen molar-refractivity contribution in [3.05, 3.63) is 23.8 Å². The summed E-state index contributed by atoms with van der Waals surface area (Å²) in [5, 5.41) is 23.1. The van der Waals surface area contributed by atoms with E-state index in [4.69, 9.17) is 0 Å². The predicted octanol–water partition coefficient (Wildman–Crippen LogP) is 2.09. The smallest absolute Gasteiger partial charge is 0.124 e. The maximum atomic E-state index is 9.83. The number of hydrogen-bond acceptors (Lipinski definition) is 4. The largest absolute Gasteiger partial charge is 0.507 e. The van der Waals surface area contributed by atoms with Crippen LogP contribution < -0.4 is 5.32 Å². The molecule has 0 radical (unpaired) electrons. The predicted molar refractivity (Wildman–Crippen MR) is 76.4 cm³/mol. The van der Waals surface area contributed by atoms with Gasteiger partial charge < -0.3 is 20.4 Å². The fraction of sp³-hybridized carbons (Fsp3) is 0.600. The van der Waals surface area contributed by atoms with E-state index in [0.29, 0.717) is 11.5 Å². The number of rotatable bonds is 4. The standard InChI is InChI=1S/C15H24N2O2/c1-11(15-13(18)4-3-5-14(15)19)16-10-12-6-8-17(2)9-7-12/h3-5,11-12,16,18-19H,6-10H2,1-2H3. The highest BCUT2D eigenvalue weighted by molar-refractivity contribution is 5.44. The van der Waals surface area contributed by atoms with Crippen LogP contribution in [0.15, 0.2) is 18.2 Å². The van der Waals surface area contributed by atoms with Gasteiger partial charge in [-0.1, -0.05) is 6.07 Å². The van der Waals surface area contributed by atoms with Crippen molar-refractivity contribution in [3.63, 3.8) is 0 Å². The van der Waals surface area contributed by atoms with Crippen molar-refractivity contribution in [2.75, 3.05) is 26.7 Å². The second-order valence-corrected chi connectivity index (χ2v) is 5.59. The maximum absolute atomic E-state index is 9.83. The third-order valence-electron chi connectivity index (χ3n) is 4.04. The number of nitrogens with one attached hydrogen (secondary N) is 1. The van der Waals surface area contributed by atoms with Crippen molar-refractivity contribution >= 4 is 0 Å². The van der Waals surface area contributed by atoms with E-state index >= 15 is 0 Å². The molecule has 2 rings (SSSR count). The molecule has 0 aliphatic carbocycles. The first-order valence-electron chi connectivity index (χ1n) is 7.00. The molecule has 1 aromatic rings. The van der Waals surface area contributed by atoms with Gasteiger partial charge in [0.25, 0.3) is 0 Å². The highest BCUT2D eigenvalue weighted by Crippen LogP contribution is 2.32. The van der Waals surface area contributed by atoms with E-state index in [2.05, 4.69) is 17.3 Å². The summed E-state index contributed by atoms with van der Waals surface area (Å²) in [4.78, 5) is 2.36. The molecule has 4 nitrogen and oxygen atoms in total. The van der Waals surface area contributed by atoms with Gasteiger partial charge in [-0.2, -0.15) is 0 Å². The van der Waals surface area contributed by atoms with Gasteiger partial charge in [-0.3, -0.25) is 0 Å². The van der Waals surface area contributed by atoms with Gasteiger partial charge in [0.05, 0.1) is 5.56 Å². The summed E-state index contributed by atoms with van der Waals surface area (Å²) in [5.74, 6) is 0.999. The molecule has 4 heteroatoms. The lowest BCUT2D eigenvalue weighted by atomic mass is 9.96. The van der Waals surface area contributed by atoms with Crippen LogP contribution in [0.2, 0.25) is 0 Å². The summed E-state index contributed by atoms with van der Waals surface area (Å²) in [6, 6.07) is 4.84. The Morgan fingerprint density at radius 3 is 2.42 bits per heavy atom. The van der Waals surface area contributed by atoms with Gasteiger partial charge in [0.1, 0.15) is 11.5 Å². The molecule has 0 saturated carbocycles. The minimum Gasteiger partial charge on any atom is -0.507 e. The van der Waals surface area contributed by atoms with Crippen LogP contribution in [0.25, 0.3) is 0 Å². The Bertz CT molecular complexity index is 394. The highest BCUT2D eigenvalue weighted by Gasteiger charge is 2.19. The van der Waals surface area contributed by atoms with E-state index in [1.807, 2.05) is 6.92 Å². The first kappa shape index (κ1) is 14.2. The Balaban J connectivity index is 1.89. The highest BCUT2D eigenvalue weighted by atomic mass is 16.3. The van der Waals surface area contributed by atoms with Gasteiger partial charge in [-0.05, 0) is 64.5 Å². The van der Waals surface area contributed by atoms with Crippen molar-refractivity contribution in [1.29, 1.82) is 0 Å². The normalized spacial score (nSPS) is 19.5. The summed E-state index contributed by atoms with van der Waals surface area (Å²) < 4.78 is 0. The van der Waals surface area contributed by atoms with E-state index in [1.54, 1.807) is 18.2 Å². The van der Waals surface area contributed by atoms with Gasteiger partial charge in [0.15, 0.2) is 0 Å². The molecule has 0 spiro atoms. The molecular weight excluding hydrogens is 240 g/mol. The first-order valence-corrected chi connectivity index (χ1v) is 7.00. The van der Waals surface area contributed by atoms with Crippen LogP contribution in [0.3, 0.4) is 0 Å². The van der Waals surface area contributed by atoms with Gasteiger partial charge in [-0.25, -0.2) is 0 Å². The molecule has 1 unspecified atom stereocenters. The third-order valence-corrected chi connectivity index (χ3v) is 4.04. The molecule has 3 N–H and O–H groups in total. The van der Waals surface area contributed by atoms with Crippen LogP contribution >= 0.6 is 0 Å². The van der Waals surface area contributed by atoms with Crippen LogP contribution in [0.5, 0.6) is 11.5 Å². The number of phenolic OH excluding ortho intramolecular Hbond substituents is 2. The first-order chi connectivity index (χ1) is 9.08. The Kier molecular flexibility index (Phi) is 4.66. The monoisotopic (exact) mass is 264 g/mol. The molecule has 1 heterocycles. The molecule has 106 valence electrons. The summed E-state index contributed by atoms with van der Waals surface area (Å²) in [6.45, 7) is 5.22. The minimum absolute atomic E-state index is 0.0409. The molecule has 1 aliphatic heterocycles. The maximum Gasteiger partial charge on any atom is 0.124 e. The molecule has 0 bridgehead atoms. The van der Waals surface area contributed by atoms with Crippen LogP contribution in [0.1, 0.15) is 31.4 Å². The van der Waals surface area contributed by atoms with Crippen LogP contribution in [0, 0.1) is 5.92 Å². The van der Waals surface area contributed by atoms with Crippen LogP contribution in [-0.2, 0) is 0 Å². The van der Waals surface area contributed by atoms with Crippen molar-refractivity contribution in [2.24, 2.45) is 5.92 Å². The number of nitrogens with zero attached hydrogens (tertiary/aromatic N) is 1. The number of likely N-dealkylation sites (tertiary alicyclic amines) is 1. The molecule has 0 amide bonds. The topological polar surface area (TPSA) is 55.7 Å². The summed E-state index contributed by atoms with van der Waals surface area (Å²) in [7, 11) is 2.16. The Morgan fingerprint density at radius 1 is 1.26 bits per heavy atom. The van der Waals surface area contributed by atoms with Crippen molar-refractivity contribution < 1.29 is 10.2 Å². The number of hydrogen-bond donors (Lipinski definition) is 3. The molecular formula is C15H24N2O2. The van der Waals surface area contributed by atoms with Crippen molar-refractivity contribution in [2.45, 2.75) is 25.8 Å². The zero-order chi connectivity index (χ0) is 13.8. The fourth-order valence-corrected chi connectivity index (χ4v) is 2.70. The Morgan fingerprint density at radius 2 is 1.84 bits per heavy atom. The lowest BCUT2D eigenvalue weighted by Gasteiger charge is -2.30. The van der Waals surface area contributed by atoms with E-state index in [0.717, 1.165) is 19.6 Å². The zero-order valence-electron chi connectivity index (χ0n) is 11.8. The molecule has 1 aromatic carbocycles.